The zero-order valence-corrected chi connectivity index (χ0v) is 9.82. The Morgan fingerprint density at radius 1 is 1.41 bits per heavy atom. The highest BCUT2D eigenvalue weighted by Gasteiger charge is 2.04. The molecule has 4 nitrogen and oxygen atoms in total. The van der Waals surface area contributed by atoms with Crippen LogP contribution in [0.25, 0.3) is 10.9 Å². The SMILES string of the molecule is CC(=O)Nc1cc(C)c2ccc(CO)cc2n1. The van der Waals surface area contributed by atoms with Crippen LogP contribution in [0.5, 0.6) is 0 Å². The maximum absolute atomic E-state index is 11.0. The first-order valence-corrected chi connectivity index (χ1v) is 5.39. The van der Waals surface area contributed by atoms with Gasteiger partial charge >= 0.3 is 0 Å². The van der Waals surface area contributed by atoms with Crippen molar-refractivity contribution in [3.8, 4) is 0 Å². The highest BCUT2D eigenvalue weighted by molar-refractivity contribution is 5.91. The summed E-state index contributed by atoms with van der Waals surface area (Å²) in [6.45, 7) is 3.40. The Morgan fingerprint density at radius 3 is 2.82 bits per heavy atom. The van der Waals surface area contributed by atoms with Crippen LogP contribution < -0.4 is 5.32 Å². The lowest BCUT2D eigenvalue weighted by Gasteiger charge is -2.07. The van der Waals surface area contributed by atoms with Crippen molar-refractivity contribution in [1.82, 2.24) is 4.98 Å². The number of fused-ring (bicyclic) bond motifs is 1. The monoisotopic (exact) mass is 230 g/mol. The van der Waals surface area contributed by atoms with E-state index in [-0.39, 0.29) is 12.5 Å². The van der Waals surface area contributed by atoms with Crippen LogP contribution in [-0.4, -0.2) is 16.0 Å². The van der Waals surface area contributed by atoms with Crippen molar-refractivity contribution in [3.63, 3.8) is 0 Å². The molecule has 1 amide bonds. The van der Waals surface area contributed by atoms with Crippen molar-refractivity contribution in [2.75, 3.05) is 5.32 Å². The molecule has 0 aliphatic heterocycles. The van der Waals surface area contributed by atoms with Crippen LogP contribution in [0.2, 0.25) is 0 Å². The van der Waals surface area contributed by atoms with Crippen molar-refractivity contribution in [2.24, 2.45) is 0 Å². The molecule has 88 valence electrons. The number of carbonyl (C=O) groups is 1. The second-order valence-corrected chi connectivity index (χ2v) is 4.02. The molecule has 4 heteroatoms. The van der Waals surface area contributed by atoms with E-state index in [4.69, 9.17) is 5.11 Å². The van der Waals surface area contributed by atoms with E-state index < -0.39 is 0 Å². The zero-order valence-electron chi connectivity index (χ0n) is 9.82. The van der Waals surface area contributed by atoms with E-state index in [1.807, 2.05) is 31.2 Å². The minimum atomic E-state index is -0.144. The number of benzene rings is 1. The van der Waals surface area contributed by atoms with E-state index in [1.165, 1.54) is 6.92 Å². The quantitative estimate of drug-likeness (QED) is 0.829. The second kappa shape index (κ2) is 4.51. The van der Waals surface area contributed by atoms with Gasteiger partial charge in [0, 0.05) is 12.3 Å². The number of amides is 1. The molecule has 2 rings (SSSR count). The van der Waals surface area contributed by atoms with Gasteiger partial charge in [0.15, 0.2) is 0 Å². The van der Waals surface area contributed by atoms with Crippen molar-refractivity contribution < 1.29 is 9.90 Å². The number of hydrogen-bond acceptors (Lipinski definition) is 3. The van der Waals surface area contributed by atoms with Gasteiger partial charge in [0.05, 0.1) is 12.1 Å². The smallest absolute Gasteiger partial charge is 0.222 e. The molecule has 1 aromatic heterocycles. The predicted octanol–water partition coefficient (Wildman–Crippen LogP) is 1.99. The Balaban J connectivity index is 2.57. The number of nitrogens with zero attached hydrogens (tertiary/aromatic N) is 1. The van der Waals surface area contributed by atoms with Crippen LogP contribution >= 0.6 is 0 Å². The van der Waals surface area contributed by atoms with Crippen LogP contribution in [0.3, 0.4) is 0 Å². The number of hydrogen-bond donors (Lipinski definition) is 2. The maximum atomic E-state index is 11.0. The van der Waals surface area contributed by atoms with E-state index in [1.54, 1.807) is 0 Å². The number of aliphatic hydroxyl groups excluding tert-OH is 1. The molecule has 0 fully saturated rings. The average molecular weight is 230 g/mol. The van der Waals surface area contributed by atoms with Crippen LogP contribution in [0.15, 0.2) is 24.3 Å². The summed E-state index contributed by atoms with van der Waals surface area (Å²) in [5.74, 6) is 0.396. The van der Waals surface area contributed by atoms with Gasteiger partial charge < -0.3 is 10.4 Å². The fourth-order valence-electron chi connectivity index (χ4n) is 1.79. The van der Waals surface area contributed by atoms with Crippen molar-refractivity contribution in [1.29, 1.82) is 0 Å². The summed E-state index contributed by atoms with van der Waals surface area (Å²) in [4.78, 5) is 15.3. The van der Waals surface area contributed by atoms with Crippen molar-refractivity contribution in [3.05, 3.63) is 35.4 Å². The molecule has 1 heterocycles. The molecule has 0 unspecified atom stereocenters. The van der Waals surface area contributed by atoms with E-state index in [2.05, 4.69) is 10.3 Å². The summed E-state index contributed by atoms with van der Waals surface area (Å²) in [7, 11) is 0. The Labute approximate surface area is 99.3 Å². The second-order valence-electron chi connectivity index (χ2n) is 4.02. The predicted molar refractivity (Wildman–Crippen MR) is 66.7 cm³/mol. The molecule has 2 N–H and O–H groups in total. The molecule has 0 saturated heterocycles. The molecule has 0 spiro atoms. The molecule has 0 aliphatic rings. The van der Waals surface area contributed by atoms with Crippen LogP contribution in [0, 0.1) is 6.92 Å². The molecule has 2 aromatic rings. The van der Waals surface area contributed by atoms with Gasteiger partial charge in [-0.25, -0.2) is 4.98 Å². The third-order valence-corrected chi connectivity index (χ3v) is 2.57. The number of aromatic nitrogens is 1. The molecule has 17 heavy (non-hydrogen) atoms. The van der Waals surface area contributed by atoms with E-state index >= 15 is 0 Å². The molecule has 0 radical (unpaired) electrons. The number of rotatable bonds is 2. The van der Waals surface area contributed by atoms with E-state index in [0.717, 1.165) is 22.0 Å². The topological polar surface area (TPSA) is 62.2 Å². The standard InChI is InChI=1S/C13H14N2O2/c1-8-5-13(14-9(2)17)15-12-6-10(7-16)3-4-11(8)12/h3-6,16H,7H2,1-2H3,(H,14,15,17). The zero-order chi connectivity index (χ0) is 12.4. The molecule has 0 atom stereocenters. The number of pyridine rings is 1. The summed E-state index contributed by atoms with van der Waals surface area (Å²) in [6.07, 6.45) is 0. The summed E-state index contributed by atoms with van der Waals surface area (Å²) < 4.78 is 0. The molecule has 1 aromatic carbocycles. The Kier molecular flexibility index (Phi) is 3.06. The van der Waals surface area contributed by atoms with Gasteiger partial charge in [-0.15, -0.1) is 0 Å². The van der Waals surface area contributed by atoms with Gasteiger partial charge in [0.1, 0.15) is 5.82 Å². The van der Waals surface area contributed by atoms with Gasteiger partial charge in [-0.2, -0.15) is 0 Å². The fraction of sp³-hybridized carbons (Fsp3) is 0.231. The third kappa shape index (κ3) is 2.42. The largest absolute Gasteiger partial charge is 0.392 e. The molecule has 0 saturated carbocycles. The number of aryl methyl sites for hydroxylation is 1. The first-order chi connectivity index (χ1) is 8.10. The normalized spacial score (nSPS) is 10.5. The molecule has 0 aliphatic carbocycles. The van der Waals surface area contributed by atoms with E-state index in [9.17, 15) is 4.79 Å². The summed E-state index contributed by atoms with van der Waals surface area (Å²) >= 11 is 0. The van der Waals surface area contributed by atoms with Crippen LogP contribution in [-0.2, 0) is 11.4 Å². The van der Waals surface area contributed by atoms with Crippen LogP contribution in [0.4, 0.5) is 5.82 Å². The number of aliphatic hydroxyl groups is 1. The van der Waals surface area contributed by atoms with Gasteiger partial charge in [0.2, 0.25) is 5.91 Å². The maximum Gasteiger partial charge on any atom is 0.222 e. The highest BCUT2D eigenvalue weighted by atomic mass is 16.3. The summed E-state index contributed by atoms with van der Waals surface area (Å²) in [5, 5.41) is 12.8. The van der Waals surface area contributed by atoms with Crippen LogP contribution in [0.1, 0.15) is 18.1 Å². The molecular weight excluding hydrogens is 216 g/mol. The van der Waals surface area contributed by atoms with Crippen molar-refractivity contribution in [2.45, 2.75) is 20.5 Å². The first kappa shape index (κ1) is 11.5. The molecular formula is C13H14N2O2. The minimum Gasteiger partial charge on any atom is -0.392 e. The fourth-order valence-corrected chi connectivity index (χ4v) is 1.79. The minimum absolute atomic E-state index is 0.0129. The van der Waals surface area contributed by atoms with Gasteiger partial charge in [0.25, 0.3) is 0 Å². The highest BCUT2D eigenvalue weighted by Crippen LogP contribution is 2.21. The average Bonchev–Trinajstić information content (AvgIpc) is 2.27. The number of carbonyl (C=O) groups excluding carboxylic acids is 1. The lowest BCUT2D eigenvalue weighted by atomic mass is 10.1. The summed E-state index contributed by atoms with van der Waals surface area (Å²) in [5.41, 5.74) is 2.63. The number of nitrogens with one attached hydrogen (secondary N) is 1. The first-order valence-electron chi connectivity index (χ1n) is 5.39. The molecule has 0 bridgehead atoms. The Bertz CT molecular complexity index is 579. The van der Waals surface area contributed by atoms with Gasteiger partial charge in [-0.1, -0.05) is 12.1 Å². The lowest BCUT2D eigenvalue weighted by molar-refractivity contribution is -0.114. The van der Waals surface area contributed by atoms with Gasteiger partial charge in [-0.3, -0.25) is 4.79 Å². The lowest BCUT2D eigenvalue weighted by Crippen LogP contribution is -2.07. The van der Waals surface area contributed by atoms with Gasteiger partial charge in [-0.05, 0) is 30.2 Å². The van der Waals surface area contributed by atoms with E-state index in [0.29, 0.717) is 5.82 Å². The Morgan fingerprint density at radius 2 is 2.18 bits per heavy atom. The van der Waals surface area contributed by atoms with Crippen molar-refractivity contribution >= 4 is 22.6 Å². The Hall–Kier alpha value is -1.94. The number of anilines is 1. The third-order valence-electron chi connectivity index (χ3n) is 2.57. The summed E-state index contributed by atoms with van der Waals surface area (Å²) in [6, 6.07) is 7.46.